The first kappa shape index (κ1) is 21.9. The molecule has 1 saturated heterocycles. The highest BCUT2D eigenvalue weighted by atomic mass is 16.5. The van der Waals surface area contributed by atoms with Crippen LogP contribution in [0.3, 0.4) is 0 Å². The van der Waals surface area contributed by atoms with Gasteiger partial charge >= 0.3 is 0 Å². The van der Waals surface area contributed by atoms with E-state index in [9.17, 15) is 4.79 Å². The van der Waals surface area contributed by atoms with E-state index in [1.54, 1.807) is 14.2 Å². The maximum atomic E-state index is 12.7. The molecule has 0 aliphatic carbocycles. The highest BCUT2D eigenvalue weighted by Crippen LogP contribution is 2.22. The standard InChI is InChI=1S/C23H31N3O4/c1-18(23(27)24-21-6-4-5-7-22(21)29-3)26-14-12-25(13-15-26)16-17-30-20-10-8-19(28-2)9-11-20/h4-11,18H,12-17H2,1-3H3,(H,24,27)/p+2/t18-/m1/s1. The number of hydrogen-bond donors (Lipinski definition) is 3. The third kappa shape index (κ3) is 5.87. The van der Waals surface area contributed by atoms with E-state index in [4.69, 9.17) is 14.2 Å². The molecule has 1 fully saturated rings. The number of anilines is 1. The van der Waals surface area contributed by atoms with Gasteiger partial charge in [0.15, 0.2) is 6.04 Å². The second-order valence-electron chi connectivity index (χ2n) is 7.59. The fraction of sp³-hybridized carbons (Fsp3) is 0.435. The molecule has 30 heavy (non-hydrogen) atoms. The lowest BCUT2D eigenvalue weighted by Crippen LogP contribution is -3.30. The Morgan fingerprint density at radius 1 is 0.967 bits per heavy atom. The van der Waals surface area contributed by atoms with E-state index in [0.717, 1.165) is 49.9 Å². The summed E-state index contributed by atoms with van der Waals surface area (Å²) in [5, 5.41) is 3.01. The van der Waals surface area contributed by atoms with Crippen molar-refractivity contribution in [2.24, 2.45) is 0 Å². The quantitative estimate of drug-likeness (QED) is 0.535. The van der Waals surface area contributed by atoms with Crippen molar-refractivity contribution in [3.8, 4) is 17.2 Å². The minimum Gasteiger partial charge on any atom is -0.497 e. The topological polar surface area (TPSA) is 65.7 Å². The van der Waals surface area contributed by atoms with Crippen LogP contribution in [-0.2, 0) is 4.79 Å². The van der Waals surface area contributed by atoms with Crippen molar-refractivity contribution in [3.05, 3.63) is 48.5 Å². The predicted octanol–water partition coefficient (Wildman–Crippen LogP) is -0.107. The molecule has 1 atom stereocenters. The number of piperazine rings is 1. The summed E-state index contributed by atoms with van der Waals surface area (Å²) in [6.07, 6.45) is 0. The Kier molecular flexibility index (Phi) is 7.93. The minimum atomic E-state index is -0.105. The molecule has 162 valence electrons. The summed E-state index contributed by atoms with van der Waals surface area (Å²) in [5.41, 5.74) is 0.719. The van der Waals surface area contributed by atoms with Gasteiger partial charge in [-0.1, -0.05) is 12.1 Å². The lowest BCUT2D eigenvalue weighted by Gasteiger charge is -2.32. The van der Waals surface area contributed by atoms with Crippen molar-refractivity contribution in [2.45, 2.75) is 13.0 Å². The number of para-hydroxylation sites is 2. The highest BCUT2D eigenvalue weighted by Gasteiger charge is 2.31. The molecule has 1 aliphatic heterocycles. The van der Waals surface area contributed by atoms with E-state index >= 15 is 0 Å². The smallest absolute Gasteiger partial charge is 0.282 e. The largest absolute Gasteiger partial charge is 0.497 e. The number of benzene rings is 2. The average molecular weight is 416 g/mol. The van der Waals surface area contributed by atoms with Gasteiger partial charge in [-0.05, 0) is 43.3 Å². The van der Waals surface area contributed by atoms with Gasteiger partial charge in [-0.3, -0.25) is 4.79 Å². The first-order chi connectivity index (χ1) is 14.6. The maximum Gasteiger partial charge on any atom is 0.282 e. The molecule has 3 rings (SSSR count). The van der Waals surface area contributed by atoms with Crippen molar-refractivity contribution in [1.82, 2.24) is 0 Å². The Morgan fingerprint density at radius 3 is 2.30 bits per heavy atom. The van der Waals surface area contributed by atoms with Gasteiger partial charge in [0.1, 0.15) is 56.6 Å². The van der Waals surface area contributed by atoms with E-state index in [1.807, 2.05) is 55.5 Å². The van der Waals surface area contributed by atoms with Gasteiger partial charge in [0.25, 0.3) is 5.91 Å². The summed E-state index contributed by atoms with van der Waals surface area (Å²) in [5.74, 6) is 2.40. The number of quaternary nitrogens is 2. The number of carbonyl (C=O) groups is 1. The third-order valence-electron chi connectivity index (χ3n) is 5.75. The number of nitrogens with one attached hydrogen (secondary N) is 3. The predicted molar refractivity (Wildman–Crippen MR) is 116 cm³/mol. The summed E-state index contributed by atoms with van der Waals surface area (Å²) in [6.45, 7) is 7.65. The monoisotopic (exact) mass is 415 g/mol. The Hall–Kier alpha value is -2.77. The Balaban J connectivity index is 1.40. The van der Waals surface area contributed by atoms with Gasteiger partial charge in [-0.25, -0.2) is 0 Å². The molecule has 1 amide bonds. The Morgan fingerprint density at radius 2 is 1.63 bits per heavy atom. The van der Waals surface area contributed by atoms with Crippen molar-refractivity contribution in [1.29, 1.82) is 0 Å². The second kappa shape index (κ2) is 10.8. The zero-order valence-electron chi connectivity index (χ0n) is 18.1. The van der Waals surface area contributed by atoms with E-state index < -0.39 is 0 Å². The second-order valence-corrected chi connectivity index (χ2v) is 7.59. The summed E-state index contributed by atoms with van der Waals surface area (Å²) in [4.78, 5) is 15.6. The molecule has 2 aromatic carbocycles. The molecule has 0 bridgehead atoms. The lowest BCUT2D eigenvalue weighted by atomic mass is 10.2. The van der Waals surface area contributed by atoms with Crippen molar-refractivity contribution in [3.63, 3.8) is 0 Å². The number of amides is 1. The van der Waals surface area contributed by atoms with Gasteiger partial charge in [0, 0.05) is 0 Å². The van der Waals surface area contributed by atoms with Crippen molar-refractivity contribution < 1.29 is 28.8 Å². The first-order valence-corrected chi connectivity index (χ1v) is 10.5. The van der Waals surface area contributed by atoms with Crippen LogP contribution in [0.1, 0.15) is 6.92 Å². The maximum absolute atomic E-state index is 12.7. The van der Waals surface area contributed by atoms with Crippen LogP contribution in [0.15, 0.2) is 48.5 Å². The van der Waals surface area contributed by atoms with Crippen LogP contribution in [-0.4, -0.2) is 65.5 Å². The van der Waals surface area contributed by atoms with Crippen LogP contribution in [0.2, 0.25) is 0 Å². The first-order valence-electron chi connectivity index (χ1n) is 10.5. The summed E-state index contributed by atoms with van der Waals surface area (Å²) < 4.78 is 16.3. The van der Waals surface area contributed by atoms with Gasteiger partial charge < -0.3 is 29.3 Å². The molecule has 7 heteroatoms. The normalized spacial score (nSPS) is 19.6. The molecule has 7 nitrogen and oxygen atoms in total. The highest BCUT2D eigenvalue weighted by molar-refractivity contribution is 5.94. The SMILES string of the molecule is COc1ccc(OCC[NH+]2CC[NH+]([C@H](C)C(=O)Nc3ccccc3OC)CC2)cc1. The molecule has 0 radical (unpaired) electrons. The third-order valence-corrected chi connectivity index (χ3v) is 5.75. The van der Waals surface area contributed by atoms with Gasteiger partial charge in [0.05, 0.1) is 19.9 Å². The van der Waals surface area contributed by atoms with Gasteiger partial charge in [-0.15, -0.1) is 0 Å². The molecule has 1 heterocycles. The molecule has 1 aliphatic rings. The molecule has 2 aromatic rings. The zero-order chi connectivity index (χ0) is 21.3. The average Bonchev–Trinajstić information content (AvgIpc) is 2.80. The molecular formula is C23H33N3O4+2. The molecular weight excluding hydrogens is 382 g/mol. The summed E-state index contributed by atoms with van der Waals surface area (Å²) >= 11 is 0. The van der Waals surface area contributed by atoms with Crippen LogP contribution < -0.4 is 29.3 Å². The number of rotatable bonds is 9. The van der Waals surface area contributed by atoms with Crippen LogP contribution in [0.5, 0.6) is 17.2 Å². The molecule has 0 spiro atoms. The van der Waals surface area contributed by atoms with Gasteiger partial charge in [0.2, 0.25) is 0 Å². The van der Waals surface area contributed by atoms with Crippen LogP contribution in [0.4, 0.5) is 5.69 Å². The van der Waals surface area contributed by atoms with Crippen LogP contribution in [0.25, 0.3) is 0 Å². The molecule has 0 aromatic heterocycles. The molecule has 0 saturated carbocycles. The fourth-order valence-corrected chi connectivity index (χ4v) is 3.77. The van der Waals surface area contributed by atoms with Crippen LogP contribution >= 0.6 is 0 Å². The number of methoxy groups -OCH3 is 2. The number of ether oxygens (including phenoxy) is 3. The number of carbonyl (C=O) groups excluding carboxylic acids is 1. The summed E-state index contributed by atoms with van der Waals surface area (Å²) in [7, 11) is 3.27. The Bertz CT molecular complexity index is 804. The lowest BCUT2D eigenvalue weighted by molar-refractivity contribution is -1.02. The van der Waals surface area contributed by atoms with Crippen LogP contribution in [0, 0.1) is 0 Å². The van der Waals surface area contributed by atoms with Gasteiger partial charge in [-0.2, -0.15) is 0 Å². The minimum absolute atomic E-state index is 0.0285. The summed E-state index contributed by atoms with van der Waals surface area (Å²) in [6, 6.07) is 15.1. The zero-order valence-corrected chi connectivity index (χ0v) is 18.1. The number of hydrogen-bond acceptors (Lipinski definition) is 4. The van der Waals surface area contributed by atoms with Crippen molar-refractivity contribution >= 4 is 11.6 Å². The van der Waals surface area contributed by atoms with E-state index in [2.05, 4.69) is 5.32 Å². The Labute approximate surface area is 178 Å². The molecule has 3 N–H and O–H groups in total. The fourth-order valence-electron chi connectivity index (χ4n) is 3.77. The van der Waals surface area contributed by atoms with Crippen molar-refractivity contribution in [2.75, 3.05) is 58.9 Å². The van der Waals surface area contributed by atoms with E-state index in [-0.39, 0.29) is 11.9 Å². The van der Waals surface area contributed by atoms with E-state index in [1.165, 1.54) is 9.80 Å². The van der Waals surface area contributed by atoms with E-state index in [0.29, 0.717) is 12.4 Å². The molecule has 0 unspecified atom stereocenters.